The molecule has 4 heteroatoms. The van der Waals surface area contributed by atoms with Crippen LogP contribution in [-0.4, -0.2) is 37.7 Å². The Morgan fingerprint density at radius 2 is 2.20 bits per heavy atom. The van der Waals surface area contributed by atoms with Crippen LogP contribution in [0.25, 0.3) is 0 Å². The van der Waals surface area contributed by atoms with E-state index < -0.39 is 5.54 Å². The largest absolute Gasteiger partial charge is 0.468 e. The van der Waals surface area contributed by atoms with Gasteiger partial charge in [-0.1, -0.05) is 25.1 Å². The highest BCUT2D eigenvalue weighted by Crippen LogP contribution is 2.33. The molecule has 2 rings (SSSR count). The lowest BCUT2D eigenvalue weighted by molar-refractivity contribution is -0.147. The number of anilines is 1. The lowest BCUT2D eigenvalue weighted by Gasteiger charge is -2.35. The number of methoxy groups -OCH3 is 1. The highest BCUT2D eigenvalue weighted by atomic mass is 16.5. The van der Waals surface area contributed by atoms with Crippen molar-refractivity contribution in [2.24, 2.45) is 0 Å². The predicted octanol–water partition coefficient (Wildman–Crippen LogP) is 1.98. The van der Waals surface area contributed by atoms with Gasteiger partial charge in [0.05, 0.1) is 7.11 Å². The molecule has 0 radical (unpaired) electrons. The van der Waals surface area contributed by atoms with Crippen LogP contribution in [0.15, 0.2) is 24.3 Å². The quantitative estimate of drug-likeness (QED) is 0.835. The Hall–Kier alpha value is -1.55. The van der Waals surface area contributed by atoms with Gasteiger partial charge in [-0.3, -0.25) is 0 Å². The second-order valence-electron chi connectivity index (χ2n) is 5.66. The van der Waals surface area contributed by atoms with Crippen LogP contribution < -0.4 is 10.2 Å². The molecule has 0 aliphatic carbocycles. The number of esters is 1. The Labute approximate surface area is 121 Å². The maximum absolute atomic E-state index is 12.1. The molecule has 1 aliphatic heterocycles. The van der Waals surface area contributed by atoms with Crippen molar-refractivity contribution in [1.29, 1.82) is 0 Å². The van der Waals surface area contributed by atoms with Crippen molar-refractivity contribution in [2.45, 2.75) is 38.8 Å². The van der Waals surface area contributed by atoms with Crippen LogP contribution in [0, 0.1) is 0 Å². The number of para-hydroxylation sites is 1. The monoisotopic (exact) mass is 276 g/mol. The van der Waals surface area contributed by atoms with Gasteiger partial charge in [-0.2, -0.15) is 0 Å². The van der Waals surface area contributed by atoms with E-state index in [9.17, 15) is 4.79 Å². The Morgan fingerprint density at radius 1 is 1.50 bits per heavy atom. The molecule has 0 saturated heterocycles. The first kappa shape index (κ1) is 14.9. The molecule has 0 amide bonds. The Bertz CT molecular complexity index is 489. The maximum atomic E-state index is 12.1. The Kier molecular flexibility index (Phi) is 4.33. The number of hydrogen-bond acceptors (Lipinski definition) is 4. The summed E-state index contributed by atoms with van der Waals surface area (Å²) in [6.07, 6.45) is 1.03. The summed E-state index contributed by atoms with van der Waals surface area (Å²) in [7, 11) is 1.44. The van der Waals surface area contributed by atoms with Gasteiger partial charge < -0.3 is 15.0 Å². The Balaban J connectivity index is 2.25. The average molecular weight is 276 g/mol. The molecule has 0 saturated carbocycles. The number of likely N-dealkylation sites (N-methyl/N-ethyl adjacent to an activating group) is 1. The van der Waals surface area contributed by atoms with Crippen LogP contribution in [-0.2, 0) is 16.0 Å². The average Bonchev–Trinajstić information content (AvgIpc) is 2.74. The number of ether oxygens (including phenoxy) is 1. The van der Waals surface area contributed by atoms with Crippen LogP contribution in [0.5, 0.6) is 0 Å². The van der Waals surface area contributed by atoms with Crippen molar-refractivity contribution < 1.29 is 9.53 Å². The van der Waals surface area contributed by atoms with Crippen LogP contribution in [0.3, 0.4) is 0 Å². The van der Waals surface area contributed by atoms with E-state index in [2.05, 4.69) is 35.3 Å². The number of carbonyl (C=O) groups excluding carboxylic acids is 1. The molecule has 0 aromatic heterocycles. The number of nitrogens with one attached hydrogen (secondary N) is 1. The zero-order valence-corrected chi connectivity index (χ0v) is 12.8. The molecular weight excluding hydrogens is 252 g/mol. The van der Waals surface area contributed by atoms with Crippen LogP contribution in [0.2, 0.25) is 0 Å². The minimum Gasteiger partial charge on any atom is -0.468 e. The number of fused-ring (bicyclic) bond motifs is 1. The number of rotatable bonds is 5. The molecule has 0 spiro atoms. The first-order valence-corrected chi connectivity index (χ1v) is 7.20. The second-order valence-corrected chi connectivity index (χ2v) is 5.66. The number of nitrogens with zero attached hydrogens (tertiary/aromatic N) is 1. The molecule has 2 atom stereocenters. The number of carbonyl (C=O) groups is 1. The maximum Gasteiger partial charge on any atom is 0.327 e. The molecular formula is C16H24N2O2. The minimum absolute atomic E-state index is 0.212. The highest BCUT2D eigenvalue weighted by molar-refractivity contribution is 5.81. The molecule has 110 valence electrons. The molecule has 1 aromatic rings. The standard InChI is InChI=1S/C16H24N2O2/c1-5-17-16(3,15(19)20-4)11-18-12(2)10-13-8-6-7-9-14(13)18/h6-9,12,17H,5,10-11H2,1-4H3. The van der Waals surface area contributed by atoms with Gasteiger partial charge in [0.25, 0.3) is 0 Å². The molecule has 1 aromatic carbocycles. The summed E-state index contributed by atoms with van der Waals surface area (Å²) in [5, 5.41) is 3.27. The fourth-order valence-electron chi connectivity index (χ4n) is 3.02. The van der Waals surface area contributed by atoms with E-state index in [0.29, 0.717) is 12.6 Å². The van der Waals surface area contributed by atoms with E-state index in [1.165, 1.54) is 18.4 Å². The molecule has 4 nitrogen and oxygen atoms in total. The molecule has 1 N–H and O–H groups in total. The summed E-state index contributed by atoms with van der Waals surface area (Å²) in [4.78, 5) is 14.4. The first-order chi connectivity index (χ1) is 9.51. The van der Waals surface area contributed by atoms with E-state index in [-0.39, 0.29) is 5.97 Å². The van der Waals surface area contributed by atoms with Gasteiger partial charge in [-0.15, -0.1) is 0 Å². The van der Waals surface area contributed by atoms with Crippen molar-refractivity contribution in [2.75, 3.05) is 25.1 Å². The van der Waals surface area contributed by atoms with E-state index in [1.54, 1.807) is 0 Å². The number of benzene rings is 1. The van der Waals surface area contributed by atoms with Gasteiger partial charge in [-0.25, -0.2) is 4.79 Å². The number of hydrogen-bond donors (Lipinski definition) is 1. The molecule has 0 fully saturated rings. The van der Waals surface area contributed by atoms with E-state index in [0.717, 1.165) is 13.0 Å². The molecule has 1 heterocycles. The normalized spacial score (nSPS) is 20.4. The van der Waals surface area contributed by atoms with E-state index in [1.807, 2.05) is 19.9 Å². The predicted molar refractivity (Wildman–Crippen MR) is 81.1 cm³/mol. The van der Waals surface area contributed by atoms with Gasteiger partial charge in [0.2, 0.25) is 0 Å². The lowest BCUT2D eigenvalue weighted by Crippen LogP contribution is -2.58. The van der Waals surface area contributed by atoms with Crippen LogP contribution in [0.1, 0.15) is 26.3 Å². The van der Waals surface area contributed by atoms with Gasteiger partial charge in [0.15, 0.2) is 0 Å². The topological polar surface area (TPSA) is 41.6 Å². The van der Waals surface area contributed by atoms with Crippen molar-refractivity contribution in [3.63, 3.8) is 0 Å². The van der Waals surface area contributed by atoms with Gasteiger partial charge >= 0.3 is 5.97 Å². The Morgan fingerprint density at radius 3 is 2.85 bits per heavy atom. The van der Waals surface area contributed by atoms with E-state index in [4.69, 9.17) is 4.74 Å². The van der Waals surface area contributed by atoms with Crippen LogP contribution >= 0.6 is 0 Å². The SMILES string of the molecule is CCNC(C)(CN1c2ccccc2CC1C)C(=O)OC. The second kappa shape index (κ2) is 5.83. The lowest BCUT2D eigenvalue weighted by atomic mass is 10.0. The summed E-state index contributed by atoms with van der Waals surface area (Å²) in [6, 6.07) is 8.80. The zero-order valence-electron chi connectivity index (χ0n) is 12.8. The van der Waals surface area contributed by atoms with Gasteiger partial charge in [0.1, 0.15) is 5.54 Å². The van der Waals surface area contributed by atoms with Gasteiger partial charge in [-0.05, 0) is 38.4 Å². The van der Waals surface area contributed by atoms with Gasteiger partial charge in [0, 0.05) is 18.3 Å². The fourth-order valence-corrected chi connectivity index (χ4v) is 3.02. The zero-order chi connectivity index (χ0) is 14.8. The van der Waals surface area contributed by atoms with Crippen molar-refractivity contribution in [3.8, 4) is 0 Å². The first-order valence-electron chi connectivity index (χ1n) is 7.20. The molecule has 2 unspecified atom stereocenters. The summed E-state index contributed by atoms with van der Waals surface area (Å²) >= 11 is 0. The van der Waals surface area contributed by atoms with Crippen molar-refractivity contribution in [3.05, 3.63) is 29.8 Å². The summed E-state index contributed by atoms with van der Waals surface area (Å²) in [5.74, 6) is -0.212. The van der Waals surface area contributed by atoms with E-state index >= 15 is 0 Å². The summed E-state index contributed by atoms with van der Waals surface area (Å²) < 4.78 is 4.97. The minimum atomic E-state index is -0.685. The summed E-state index contributed by atoms with van der Waals surface area (Å²) in [5.41, 5.74) is 1.90. The fraction of sp³-hybridized carbons (Fsp3) is 0.562. The third-order valence-corrected chi connectivity index (χ3v) is 4.04. The smallest absolute Gasteiger partial charge is 0.327 e. The molecule has 20 heavy (non-hydrogen) atoms. The third kappa shape index (κ3) is 2.66. The van der Waals surface area contributed by atoms with Crippen molar-refractivity contribution >= 4 is 11.7 Å². The third-order valence-electron chi connectivity index (χ3n) is 4.04. The van der Waals surface area contributed by atoms with Crippen molar-refractivity contribution in [1.82, 2.24) is 5.32 Å². The highest BCUT2D eigenvalue weighted by Gasteiger charge is 2.39. The molecule has 1 aliphatic rings. The summed E-state index contributed by atoms with van der Waals surface area (Å²) in [6.45, 7) is 7.46. The van der Waals surface area contributed by atoms with Crippen LogP contribution in [0.4, 0.5) is 5.69 Å². The molecule has 0 bridgehead atoms.